The summed E-state index contributed by atoms with van der Waals surface area (Å²) in [5.74, 6) is 0.133. The summed E-state index contributed by atoms with van der Waals surface area (Å²) in [6, 6.07) is 3.99. The van der Waals surface area contributed by atoms with E-state index in [0.717, 1.165) is 56.1 Å². The van der Waals surface area contributed by atoms with E-state index in [4.69, 9.17) is 53.1 Å². The first-order chi connectivity index (χ1) is 25.2. The summed E-state index contributed by atoms with van der Waals surface area (Å²) in [5, 5.41) is 23.0. The number of nitrogens with two attached hydrogens (primary N) is 5. The molecule has 14 N–H and O–H groups in total. The van der Waals surface area contributed by atoms with Gasteiger partial charge in [0.2, 0.25) is 0 Å². The molecule has 0 aromatic heterocycles. The lowest BCUT2D eigenvalue weighted by Gasteiger charge is -2.24. The molecule has 0 bridgehead atoms. The summed E-state index contributed by atoms with van der Waals surface area (Å²) in [6.07, 6.45) is 3.48. The van der Waals surface area contributed by atoms with E-state index in [1.165, 1.54) is 32.6 Å². The standard InChI is InChI=1S/C14H20O3.C11H24N2O2.C5H15N3O.C5H10O3.C2H8N2.4ClH.HI/c1-9-6-10(2)13(11(3)7-9)17-8-12(4)14(15)16-5;1-10(8-13-6-5-12)9-15-11-4-2-3-7-14-11;6-1-2-8-3-5(7)4-9;1-4(3-6)5(7)8-2;3-1-2-4;;;;;/h6-7,12H,8H2,1-5H3;10-11,13H,2-9,12H2,1H3;5,8-9H,1-4,6-7H2;4,6H,3H2,1-2H3;1-4H2;5*1H/t12-;10-,11?;5-;4-;;;;;;/m0110....../s1. The van der Waals surface area contributed by atoms with E-state index in [-0.39, 0.29) is 123 Å². The third kappa shape index (κ3) is 44.9. The predicted octanol–water partition coefficient (Wildman–Crippen LogP) is 2.36. The predicted molar refractivity (Wildman–Crippen MR) is 256 cm³/mol. The lowest BCUT2D eigenvalue weighted by Crippen LogP contribution is -2.38. The van der Waals surface area contributed by atoms with E-state index in [1.54, 1.807) is 13.8 Å². The Kier molecular flexibility index (Phi) is 67.8. The first-order valence-electron chi connectivity index (χ1n) is 18.5. The van der Waals surface area contributed by atoms with Gasteiger partial charge in [-0.2, -0.15) is 0 Å². The second-order valence-corrected chi connectivity index (χ2v) is 12.8. The number of benzene rings is 1. The van der Waals surface area contributed by atoms with Crippen LogP contribution in [-0.2, 0) is 28.5 Å². The van der Waals surface area contributed by atoms with Crippen LogP contribution in [0, 0.1) is 38.5 Å². The minimum absolute atomic E-state index is 0. The van der Waals surface area contributed by atoms with Crippen molar-refractivity contribution in [3.8, 4) is 5.75 Å². The van der Waals surface area contributed by atoms with Crippen molar-refractivity contribution in [2.75, 3.05) is 99.6 Å². The average Bonchev–Trinajstić information content (AvgIpc) is 3.16. The van der Waals surface area contributed by atoms with Crippen molar-refractivity contribution in [3.63, 3.8) is 0 Å². The van der Waals surface area contributed by atoms with Crippen LogP contribution in [0.5, 0.6) is 5.75 Å². The number of carbonyl (C=O) groups is 2. The van der Waals surface area contributed by atoms with Gasteiger partial charge in [0.1, 0.15) is 12.4 Å². The number of halogens is 5. The van der Waals surface area contributed by atoms with Crippen LogP contribution >= 0.6 is 73.6 Å². The second kappa shape index (κ2) is 52.5. The first-order valence-corrected chi connectivity index (χ1v) is 18.5. The lowest BCUT2D eigenvalue weighted by molar-refractivity contribution is -0.167. The Morgan fingerprint density at radius 3 is 1.64 bits per heavy atom. The van der Waals surface area contributed by atoms with Gasteiger partial charge in [-0.1, -0.05) is 24.6 Å². The van der Waals surface area contributed by atoms with E-state index in [9.17, 15) is 9.59 Å². The molecule has 16 nitrogen and oxygen atoms in total. The highest BCUT2D eigenvalue weighted by atomic mass is 127. The summed E-state index contributed by atoms with van der Waals surface area (Å²) in [5.41, 5.74) is 29.2. The molecule has 1 aromatic rings. The van der Waals surface area contributed by atoms with E-state index in [0.29, 0.717) is 45.2 Å². The first kappa shape index (κ1) is 74.8. The number of esters is 2. The van der Waals surface area contributed by atoms with Crippen LogP contribution < -0.4 is 44.0 Å². The largest absolute Gasteiger partial charge is 0.492 e. The van der Waals surface area contributed by atoms with Crippen molar-refractivity contribution >= 4 is 85.5 Å². The fourth-order valence-corrected chi connectivity index (χ4v) is 4.23. The summed E-state index contributed by atoms with van der Waals surface area (Å²) >= 11 is 0. The number of methoxy groups -OCH3 is 2. The Balaban J connectivity index is -0.0000000935. The van der Waals surface area contributed by atoms with Crippen molar-refractivity contribution in [1.82, 2.24) is 10.6 Å². The molecule has 21 heteroatoms. The second-order valence-electron chi connectivity index (χ2n) is 12.8. The van der Waals surface area contributed by atoms with Gasteiger partial charge in [0, 0.05) is 58.5 Å². The Morgan fingerprint density at radius 1 is 0.776 bits per heavy atom. The maximum atomic E-state index is 11.3. The monoisotopic (exact) mass is 1040 g/mol. The van der Waals surface area contributed by atoms with Gasteiger partial charge in [0.05, 0.1) is 45.9 Å². The molecule has 5 atom stereocenters. The highest BCUT2D eigenvalue weighted by molar-refractivity contribution is 14.0. The van der Waals surface area contributed by atoms with Gasteiger partial charge < -0.3 is 73.2 Å². The van der Waals surface area contributed by atoms with Gasteiger partial charge in [-0.15, -0.1) is 73.6 Å². The van der Waals surface area contributed by atoms with Crippen molar-refractivity contribution in [3.05, 3.63) is 28.8 Å². The number of hydrogen-bond donors (Lipinski definition) is 9. The number of aryl methyl sites for hydroxylation is 3. The van der Waals surface area contributed by atoms with E-state index in [2.05, 4.69) is 46.1 Å². The number of aliphatic hydroxyl groups is 2. The number of carbonyl (C=O) groups excluding carboxylic acids is 2. The Bertz CT molecular complexity index is 1010. The number of hydrogen-bond acceptors (Lipinski definition) is 16. The van der Waals surface area contributed by atoms with Gasteiger partial charge in [-0.25, -0.2) is 0 Å². The van der Waals surface area contributed by atoms with Crippen molar-refractivity contribution < 1.29 is 43.5 Å². The number of ether oxygens (including phenoxy) is 5. The molecule has 0 radical (unpaired) electrons. The van der Waals surface area contributed by atoms with E-state index in [1.807, 2.05) is 13.8 Å². The molecule has 354 valence electrons. The normalized spacial score (nSPS) is 14.2. The van der Waals surface area contributed by atoms with Crippen LogP contribution in [0.4, 0.5) is 0 Å². The molecule has 1 aliphatic heterocycles. The van der Waals surface area contributed by atoms with Crippen LogP contribution in [0.3, 0.4) is 0 Å². The molecule has 2 rings (SSSR count). The summed E-state index contributed by atoms with van der Waals surface area (Å²) < 4.78 is 25.8. The lowest BCUT2D eigenvalue weighted by atomic mass is 10.1. The Hall–Kier alpha value is -0.590. The zero-order chi connectivity index (χ0) is 41.0. The number of aliphatic hydroxyl groups excluding tert-OH is 2. The van der Waals surface area contributed by atoms with Gasteiger partial charge in [-0.05, 0) is 77.5 Å². The molecule has 1 heterocycles. The average molecular weight is 1040 g/mol. The third-order valence-corrected chi connectivity index (χ3v) is 7.21. The highest BCUT2D eigenvalue weighted by Crippen LogP contribution is 2.25. The van der Waals surface area contributed by atoms with E-state index >= 15 is 0 Å². The molecule has 58 heavy (non-hydrogen) atoms. The summed E-state index contributed by atoms with van der Waals surface area (Å²) in [4.78, 5) is 21.6. The molecule has 1 unspecified atom stereocenters. The molecule has 1 aromatic carbocycles. The number of nitrogens with one attached hydrogen (secondary N) is 2. The minimum atomic E-state index is -0.389. The van der Waals surface area contributed by atoms with Crippen LogP contribution in [0.25, 0.3) is 0 Å². The molecule has 1 fully saturated rings. The van der Waals surface area contributed by atoms with Gasteiger partial charge >= 0.3 is 11.9 Å². The maximum Gasteiger partial charge on any atom is 0.311 e. The summed E-state index contributed by atoms with van der Waals surface area (Å²) in [6.45, 7) is 19.2. The highest BCUT2D eigenvalue weighted by Gasteiger charge is 2.16. The zero-order valence-corrected chi connectivity index (χ0v) is 41.6. The summed E-state index contributed by atoms with van der Waals surface area (Å²) in [7, 11) is 2.69. The van der Waals surface area contributed by atoms with Gasteiger partial charge in [0.25, 0.3) is 0 Å². The van der Waals surface area contributed by atoms with Crippen LogP contribution in [0.1, 0.15) is 56.7 Å². The number of rotatable bonds is 19. The smallest absolute Gasteiger partial charge is 0.311 e. The van der Waals surface area contributed by atoms with Gasteiger partial charge in [0.15, 0.2) is 6.29 Å². The Morgan fingerprint density at radius 2 is 1.26 bits per heavy atom. The molecule has 0 aliphatic carbocycles. The van der Waals surface area contributed by atoms with Crippen LogP contribution in [-0.4, -0.2) is 134 Å². The topological polar surface area (TPSA) is 275 Å². The molecular weight excluding hydrogens is 955 g/mol. The molecule has 1 saturated heterocycles. The quantitative estimate of drug-likeness (QED) is 0.0547. The molecule has 0 amide bonds. The fraction of sp³-hybridized carbons (Fsp3) is 0.784. The molecule has 0 spiro atoms. The van der Waals surface area contributed by atoms with Crippen LogP contribution in [0.15, 0.2) is 12.1 Å². The zero-order valence-electron chi connectivity index (χ0n) is 36.0. The fourth-order valence-electron chi connectivity index (χ4n) is 4.23. The minimum Gasteiger partial charge on any atom is -0.492 e. The third-order valence-electron chi connectivity index (χ3n) is 7.21. The van der Waals surface area contributed by atoms with Crippen molar-refractivity contribution in [2.24, 2.45) is 46.4 Å². The van der Waals surface area contributed by atoms with Crippen molar-refractivity contribution in [1.29, 1.82) is 0 Å². The molecular formula is C37H82Cl4IN7O9. The van der Waals surface area contributed by atoms with E-state index < -0.39 is 0 Å². The molecule has 1 aliphatic rings. The Labute approximate surface area is 391 Å². The van der Waals surface area contributed by atoms with Gasteiger partial charge in [-0.3, -0.25) is 9.59 Å². The molecule has 0 saturated carbocycles. The van der Waals surface area contributed by atoms with Crippen molar-refractivity contribution in [2.45, 2.75) is 73.1 Å². The van der Waals surface area contributed by atoms with Crippen LogP contribution in [0.2, 0.25) is 0 Å². The SMILES string of the molecule is COC(=O)[C@@H](C)CO.COC(=O)[C@@H](C)COc1c(C)cc(C)cc1C.C[C@H](CNCCN)COC1CCCCO1.Cl.Cl.Cl.Cl.I.NCCN.NCCNC[C@@H](N)CO. The maximum absolute atomic E-state index is 11.3.